The molecule has 0 rings (SSSR count). The lowest BCUT2D eigenvalue weighted by Crippen LogP contribution is -2.01. The molecule has 0 radical (unpaired) electrons. The van der Waals surface area contributed by atoms with E-state index in [9.17, 15) is 4.79 Å². The summed E-state index contributed by atoms with van der Waals surface area (Å²) in [6.07, 6.45) is 0.522. The minimum absolute atomic E-state index is 0.175. The number of carbonyl (C=O) groups is 1. The summed E-state index contributed by atoms with van der Waals surface area (Å²) in [7, 11) is 0. The van der Waals surface area contributed by atoms with Crippen molar-refractivity contribution in [1.82, 2.24) is 0 Å². The third-order valence-electron chi connectivity index (χ3n) is 0.834. The molecule has 0 bridgehead atoms. The SMILES string of the molecule is CC(=O)CCOCCS. The maximum absolute atomic E-state index is 10.3. The molecule has 0 aromatic rings. The predicted molar refractivity (Wildman–Crippen MR) is 40.0 cm³/mol. The van der Waals surface area contributed by atoms with E-state index in [2.05, 4.69) is 12.6 Å². The van der Waals surface area contributed by atoms with Crippen molar-refractivity contribution >= 4 is 18.4 Å². The van der Waals surface area contributed by atoms with Crippen molar-refractivity contribution in [2.75, 3.05) is 19.0 Å². The van der Waals surface area contributed by atoms with Crippen LogP contribution >= 0.6 is 12.6 Å². The van der Waals surface area contributed by atoms with Gasteiger partial charge in [0.1, 0.15) is 5.78 Å². The van der Waals surface area contributed by atoms with E-state index < -0.39 is 0 Å². The highest BCUT2D eigenvalue weighted by atomic mass is 32.1. The monoisotopic (exact) mass is 148 g/mol. The Kier molecular flexibility index (Phi) is 6.09. The van der Waals surface area contributed by atoms with Gasteiger partial charge in [-0.3, -0.25) is 4.79 Å². The second kappa shape index (κ2) is 6.11. The molecule has 0 saturated heterocycles. The summed E-state index contributed by atoms with van der Waals surface area (Å²) in [5.41, 5.74) is 0. The van der Waals surface area contributed by atoms with E-state index in [-0.39, 0.29) is 5.78 Å². The highest BCUT2D eigenvalue weighted by molar-refractivity contribution is 7.80. The number of rotatable bonds is 5. The number of hydrogen-bond acceptors (Lipinski definition) is 3. The highest BCUT2D eigenvalue weighted by Gasteiger charge is 1.90. The van der Waals surface area contributed by atoms with Gasteiger partial charge < -0.3 is 4.74 Å². The van der Waals surface area contributed by atoms with Crippen LogP contribution in [0.3, 0.4) is 0 Å². The fourth-order valence-electron chi connectivity index (χ4n) is 0.383. The Bertz CT molecular complexity index is 83.1. The van der Waals surface area contributed by atoms with E-state index >= 15 is 0 Å². The molecule has 0 heterocycles. The molecular formula is C6H12O2S. The Morgan fingerprint density at radius 1 is 1.56 bits per heavy atom. The lowest BCUT2D eigenvalue weighted by molar-refractivity contribution is -0.118. The molecule has 0 aromatic heterocycles. The Labute approximate surface area is 61.0 Å². The molecule has 0 atom stereocenters. The zero-order valence-corrected chi connectivity index (χ0v) is 6.49. The Balaban J connectivity index is 2.83. The summed E-state index contributed by atoms with van der Waals surface area (Å²) in [6, 6.07) is 0. The van der Waals surface area contributed by atoms with E-state index in [4.69, 9.17) is 4.74 Å². The van der Waals surface area contributed by atoms with Crippen molar-refractivity contribution in [3.8, 4) is 0 Å². The average molecular weight is 148 g/mol. The first-order valence-electron chi connectivity index (χ1n) is 2.95. The fraction of sp³-hybridized carbons (Fsp3) is 0.833. The molecule has 0 saturated carbocycles. The topological polar surface area (TPSA) is 26.3 Å². The minimum atomic E-state index is 0.175. The van der Waals surface area contributed by atoms with Crippen molar-refractivity contribution in [2.24, 2.45) is 0 Å². The third-order valence-corrected chi connectivity index (χ3v) is 1.02. The summed E-state index contributed by atoms with van der Waals surface area (Å²) in [5.74, 6) is 0.895. The van der Waals surface area contributed by atoms with Crippen LogP contribution in [0.1, 0.15) is 13.3 Å². The maximum Gasteiger partial charge on any atom is 0.132 e. The van der Waals surface area contributed by atoms with Crippen LogP contribution in [0, 0.1) is 0 Å². The lowest BCUT2D eigenvalue weighted by Gasteiger charge is -1.97. The van der Waals surface area contributed by atoms with Gasteiger partial charge in [-0.1, -0.05) is 0 Å². The molecule has 54 valence electrons. The van der Waals surface area contributed by atoms with Crippen LogP contribution in [0.15, 0.2) is 0 Å². The quantitative estimate of drug-likeness (QED) is 0.463. The van der Waals surface area contributed by atoms with Gasteiger partial charge >= 0.3 is 0 Å². The van der Waals surface area contributed by atoms with Gasteiger partial charge in [0.05, 0.1) is 13.2 Å². The standard InChI is InChI=1S/C6H12O2S/c1-6(7)2-3-8-4-5-9/h9H,2-5H2,1H3. The first-order valence-corrected chi connectivity index (χ1v) is 3.58. The largest absolute Gasteiger partial charge is 0.380 e. The second-order valence-corrected chi connectivity index (χ2v) is 2.24. The zero-order valence-electron chi connectivity index (χ0n) is 5.59. The summed E-state index contributed by atoms with van der Waals surface area (Å²) < 4.78 is 5.00. The zero-order chi connectivity index (χ0) is 7.11. The Hall–Kier alpha value is -0.0200. The second-order valence-electron chi connectivity index (χ2n) is 1.79. The molecule has 2 nitrogen and oxygen atoms in total. The van der Waals surface area contributed by atoms with E-state index in [1.807, 2.05) is 0 Å². The molecule has 0 aliphatic rings. The number of ketones is 1. The Morgan fingerprint density at radius 3 is 2.67 bits per heavy atom. The van der Waals surface area contributed by atoms with Gasteiger partial charge in [0.2, 0.25) is 0 Å². The van der Waals surface area contributed by atoms with Crippen LogP contribution in [0.5, 0.6) is 0 Å². The maximum atomic E-state index is 10.3. The van der Waals surface area contributed by atoms with Gasteiger partial charge in [0.25, 0.3) is 0 Å². The first-order chi connectivity index (χ1) is 4.27. The molecule has 0 aromatic carbocycles. The third kappa shape index (κ3) is 7.98. The van der Waals surface area contributed by atoms with Gasteiger partial charge in [-0.05, 0) is 6.92 Å². The first kappa shape index (κ1) is 8.98. The van der Waals surface area contributed by atoms with Crippen LogP contribution in [0.2, 0.25) is 0 Å². The molecule has 9 heavy (non-hydrogen) atoms. The molecule has 0 N–H and O–H groups in total. The van der Waals surface area contributed by atoms with Gasteiger partial charge in [0.15, 0.2) is 0 Å². The van der Waals surface area contributed by atoms with Crippen molar-refractivity contribution in [1.29, 1.82) is 0 Å². The molecule has 0 amide bonds. The molecule has 0 spiro atoms. The van der Waals surface area contributed by atoms with E-state index in [1.54, 1.807) is 6.92 Å². The van der Waals surface area contributed by atoms with Crippen LogP contribution in [-0.4, -0.2) is 24.7 Å². The van der Waals surface area contributed by atoms with Crippen LogP contribution in [-0.2, 0) is 9.53 Å². The summed E-state index contributed by atoms with van der Waals surface area (Å²) >= 11 is 3.94. The van der Waals surface area contributed by atoms with Crippen LogP contribution in [0.25, 0.3) is 0 Å². The van der Waals surface area contributed by atoms with Crippen molar-refractivity contribution in [3.63, 3.8) is 0 Å². The number of hydrogen-bond donors (Lipinski definition) is 1. The highest BCUT2D eigenvalue weighted by Crippen LogP contribution is 1.84. The normalized spacial score (nSPS) is 9.56. The summed E-state index contributed by atoms with van der Waals surface area (Å²) in [5, 5.41) is 0. The van der Waals surface area contributed by atoms with Gasteiger partial charge in [-0.2, -0.15) is 12.6 Å². The predicted octanol–water partition coefficient (Wildman–Crippen LogP) is 0.912. The summed E-state index contributed by atoms with van der Waals surface area (Å²) in [6.45, 7) is 2.73. The minimum Gasteiger partial charge on any atom is -0.380 e. The lowest BCUT2D eigenvalue weighted by atomic mass is 10.3. The Morgan fingerprint density at radius 2 is 2.22 bits per heavy atom. The number of thiol groups is 1. The average Bonchev–Trinajstić information content (AvgIpc) is 1.80. The van der Waals surface area contributed by atoms with Crippen LogP contribution in [0.4, 0.5) is 0 Å². The van der Waals surface area contributed by atoms with E-state index in [0.717, 1.165) is 5.75 Å². The molecule has 0 unspecified atom stereocenters. The molecular weight excluding hydrogens is 136 g/mol. The fourth-order valence-corrected chi connectivity index (χ4v) is 0.512. The van der Waals surface area contributed by atoms with Crippen molar-refractivity contribution in [3.05, 3.63) is 0 Å². The smallest absolute Gasteiger partial charge is 0.132 e. The van der Waals surface area contributed by atoms with Crippen molar-refractivity contribution < 1.29 is 9.53 Å². The van der Waals surface area contributed by atoms with Gasteiger partial charge in [-0.15, -0.1) is 0 Å². The molecule has 0 fully saturated rings. The van der Waals surface area contributed by atoms with E-state index in [0.29, 0.717) is 19.6 Å². The molecule has 0 aliphatic carbocycles. The molecule has 3 heteroatoms. The van der Waals surface area contributed by atoms with Crippen molar-refractivity contribution in [2.45, 2.75) is 13.3 Å². The van der Waals surface area contributed by atoms with Crippen LogP contribution < -0.4 is 0 Å². The number of Topliss-reactive ketones (excluding diaryl/α,β-unsaturated/α-hetero) is 1. The van der Waals surface area contributed by atoms with Gasteiger partial charge in [0, 0.05) is 12.2 Å². The summed E-state index contributed by atoms with van der Waals surface area (Å²) in [4.78, 5) is 10.3. The molecule has 0 aliphatic heterocycles. The van der Waals surface area contributed by atoms with Gasteiger partial charge in [-0.25, -0.2) is 0 Å². The van der Waals surface area contributed by atoms with E-state index in [1.165, 1.54) is 0 Å². The number of ether oxygens (including phenoxy) is 1. The number of carbonyl (C=O) groups excluding carboxylic acids is 1.